The maximum absolute atomic E-state index is 14.4. The Balaban J connectivity index is 1.51. The highest BCUT2D eigenvalue weighted by molar-refractivity contribution is 7.91. The Kier molecular flexibility index (Phi) is 7.54. The molecular weight excluding hydrogens is 553 g/mol. The van der Waals surface area contributed by atoms with E-state index in [2.05, 4.69) is 4.98 Å². The van der Waals surface area contributed by atoms with Crippen LogP contribution in [0, 0.1) is 0 Å². The number of fused-ring (bicyclic) bond motifs is 1. The second kappa shape index (κ2) is 10.5. The molecule has 42 heavy (non-hydrogen) atoms. The number of carbonyl (C=O) groups excluding carboxylic acids is 1. The van der Waals surface area contributed by atoms with Crippen LogP contribution in [0.4, 0.5) is 0 Å². The highest BCUT2D eigenvalue weighted by Gasteiger charge is 2.53. The van der Waals surface area contributed by atoms with Gasteiger partial charge in [-0.2, -0.15) is 0 Å². The molecule has 1 N–H and O–H groups in total. The van der Waals surface area contributed by atoms with Gasteiger partial charge >= 0.3 is 7.12 Å². The molecule has 1 unspecified atom stereocenters. The lowest BCUT2D eigenvalue weighted by atomic mass is 9.74. The summed E-state index contributed by atoms with van der Waals surface area (Å²) in [5, 5.41) is 10.3. The number of aliphatic hydroxyl groups is 1. The minimum absolute atomic E-state index is 0.211. The topological polar surface area (TPSA) is 111 Å². The second-order valence-electron chi connectivity index (χ2n) is 12.5. The van der Waals surface area contributed by atoms with Crippen LogP contribution < -0.4 is 0 Å². The molecule has 1 aliphatic heterocycles. The third kappa shape index (κ3) is 5.12. The van der Waals surface area contributed by atoms with Crippen LogP contribution in [0.1, 0.15) is 58.3 Å². The number of aromatic nitrogens is 2. The number of allylic oxidation sites excluding steroid dienone is 3. The lowest BCUT2D eigenvalue weighted by molar-refractivity contribution is 0.00578. The third-order valence-electron chi connectivity index (χ3n) is 8.54. The van der Waals surface area contributed by atoms with Crippen LogP contribution >= 0.6 is 0 Å². The second-order valence-corrected chi connectivity index (χ2v) is 14.8. The van der Waals surface area contributed by atoms with Gasteiger partial charge in [0.25, 0.3) is 5.91 Å². The summed E-state index contributed by atoms with van der Waals surface area (Å²) in [5.41, 5.74) is 1.78. The molecule has 3 heterocycles. The van der Waals surface area contributed by atoms with Gasteiger partial charge in [-0.1, -0.05) is 30.4 Å². The molecule has 2 atom stereocenters. The number of nitrogens with zero attached hydrogens (tertiary/aromatic N) is 3. The van der Waals surface area contributed by atoms with E-state index in [1.807, 2.05) is 45.9 Å². The Morgan fingerprint density at radius 2 is 1.76 bits per heavy atom. The largest absolute Gasteiger partial charge is 0.494 e. The van der Waals surface area contributed by atoms with E-state index in [1.165, 1.54) is 8.87 Å². The van der Waals surface area contributed by atoms with Crippen LogP contribution in [-0.4, -0.2) is 76.1 Å². The molecule has 0 saturated carbocycles. The summed E-state index contributed by atoms with van der Waals surface area (Å²) >= 11 is 0. The quantitative estimate of drug-likeness (QED) is 0.400. The summed E-state index contributed by atoms with van der Waals surface area (Å²) in [5.74, 6) is -0.211. The molecular formula is C31H38BN3O6S. The van der Waals surface area contributed by atoms with Crippen LogP contribution in [0.2, 0.25) is 0 Å². The highest BCUT2D eigenvalue weighted by atomic mass is 32.2. The lowest BCUT2D eigenvalue weighted by Gasteiger charge is -2.32. The molecule has 3 aromatic rings. The van der Waals surface area contributed by atoms with Gasteiger partial charge in [-0.25, -0.2) is 17.4 Å². The molecule has 0 spiro atoms. The Bertz CT molecular complexity index is 1670. The Morgan fingerprint density at radius 1 is 1.12 bits per heavy atom. The van der Waals surface area contributed by atoms with Crippen molar-refractivity contribution in [3.05, 3.63) is 78.1 Å². The summed E-state index contributed by atoms with van der Waals surface area (Å²) in [6, 6.07) is 10.6. The minimum atomic E-state index is -4.01. The van der Waals surface area contributed by atoms with Gasteiger partial charge in [-0.3, -0.25) is 4.79 Å². The van der Waals surface area contributed by atoms with Gasteiger partial charge in [0.1, 0.15) is 4.75 Å². The van der Waals surface area contributed by atoms with Gasteiger partial charge in [0, 0.05) is 42.5 Å². The number of hydrogen-bond acceptors (Lipinski definition) is 7. The molecule has 1 aliphatic carbocycles. The summed E-state index contributed by atoms with van der Waals surface area (Å²) in [6.07, 6.45) is 8.28. The maximum atomic E-state index is 14.4. The van der Waals surface area contributed by atoms with Crippen molar-refractivity contribution in [3.63, 3.8) is 0 Å². The van der Waals surface area contributed by atoms with Crippen molar-refractivity contribution in [2.45, 2.75) is 70.0 Å². The van der Waals surface area contributed by atoms with Gasteiger partial charge in [0.2, 0.25) is 10.0 Å². The molecule has 1 aromatic carbocycles. The van der Waals surface area contributed by atoms with Gasteiger partial charge in [0.15, 0.2) is 5.65 Å². The molecule has 2 aromatic heterocycles. The average molecular weight is 592 g/mol. The first-order valence-electron chi connectivity index (χ1n) is 14.1. The monoisotopic (exact) mass is 591 g/mol. The fourth-order valence-corrected chi connectivity index (χ4v) is 7.01. The van der Waals surface area contributed by atoms with E-state index in [0.29, 0.717) is 27.6 Å². The predicted octanol–water partition coefficient (Wildman–Crippen LogP) is 4.61. The first kappa shape index (κ1) is 30.2. The number of likely N-dealkylation sites (N-methyl/N-ethyl adjacent to an activating group) is 1. The van der Waals surface area contributed by atoms with E-state index >= 15 is 0 Å². The van der Waals surface area contributed by atoms with E-state index in [4.69, 9.17) is 9.31 Å². The molecule has 9 nitrogen and oxygen atoms in total. The van der Waals surface area contributed by atoms with Crippen molar-refractivity contribution in [1.29, 1.82) is 0 Å². The SMILES string of the molecule is CC(O)CN(C)C(=O)c1ccc(-c2cn(S(=O)(=O)[C@@]3(C)C=C(B4OC(C)(C)C(C)(C)O4)C=CC3)c3ncccc23)cc1. The van der Waals surface area contributed by atoms with E-state index in [1.54, 1.807) is 69.7 Å². The van der Waals surface area contributed by atoms with Crippen molar-refractivity contribution < 1.29 is 27.6 Å². The van der Waals surface area contributed by atoms with Crippen LogP contribution in [0.25, 0.3) is 22.2 Å². The van der Waals surface area contributed by atoms with E-state index in [-0.39, 0.29) is 18.9 Å². The molecule has 2 aliphatic rings. The van der Waals surface area contributed by atoms with Crippen LogP contribution in [0.3, 0.4) is 0 Å². The van der Waals surface area contributed by atoms with E-state index in [0.717, 1.165) is 5.56 Å². The third-order valence-corrected chi connectivity index (χ3v) is 10.8. The molecule has 5 rings (SSSR count). The van der Waals surface area contributed by atoms with Crippen molar-refractivity contribution in [2.75, 3.05) is 13.6 Å². The van der Waals surface area contributed by atoms with E-state index < -0.39 is 39.2 Å². The number of carbonyl (C=O) groups is 1. The standard InChI is InChI=1S/C31H38BN3O6S/c1-21(36)19-34(7)28(37)23-14-12-22(13-15-23)26-20-35(27-25(26)11-9-17-33-27)42(38,39)31(6)16-8-10-24(18-31)32-40-29(2,3)30(4,5)41-32/h8-15,17-18,20-21,36H,16,19H2,1-7H3/t21?,31-/m1/s1. The number of benzene rings is 1. The smallest absolute Gasteiger partial charge is 0.399 e. The zero-order valence-corrected chi connectivity index (χ0v) is 26.0. The lowest BCUT2D eigenvalue weighted by Crippen LogP contribution is -2.41. The Hall–Kier alpha value is -3.25. The highest BCUT2D eigenvalue weighted by Crippen LogP contribution is 2.42. The predicted molar refractivity (Wildman–Crippen MR) is 164 cm³/mol. The van der Waals surface area contributed by atoms with Crippen molar-refractivity contribution in [3.8, 4) is 11.1 Å². The summed E-state index contributed by atoms with van der Waals surface area (Å²) < 4.78 is 41.2. The number of amides is 1. The van der Waals surface area contributed by atoms with Crippen molar-refractivity contribution in [2.24, 2.45) is 0 Å². The molecule has 1 saturated heterocycles. The Morgan fingerprint density at radius 3 is 2.38 bits per heavy atom. The first-order valence-corrected chi connectivity index (χ1v) is 15.5. The van der Waals surface area contributed by atoms with Crippen LogP contribution in [0.15, 0.2) is 72.5 Å². The molecule has 1 amide bonds. The molecule has 0 bridgehead atoms. The Labute approximate surface area is 248 Å². The average Bonchev–Trinajstić information content (AvgIpc) is 3.42. The molecule has 222 valence electrons. The zero-order chi connectivity index (χ0) is 30.7. The number of aliphatic hydroxyl groups excluding tert-OH is 1. The number of pyridine rings is 1. The summed E-state index contributed by atoms with van der Waals surface area (Å²) in [7, 11) is -3.05. The summed E-state index contributed by atoms with van der Waals surface area (Å²) in [4.78, 5) is 18.7. The normalized spacial score (nSPS) is 22.3. The fourth-order valence-electron chi connectivity index (χ4n) is 5.35. The van der Waals surface area contributed by atoms with Crippen molar-refractivity contribution in [1.82, 2.24) is 13.9 Å². The summed E-state index contributed by atoms with van der Waals surface area (Å²) in [6.45, 7) is 11.4. The van der Waals surface area contributed by atoms with Gasteiger partial charge in [-0.15, -0.1) is 0 Å². The van der Waals surface area contributed by atoms with Crippen molar-refractivity contribution >= 4 is 34.1 Å². The molecule has 11 heteroatoms. The van der Waals surface area contributed by atoms with Gasteiger partial charge in [-0.05, 0) is 83.3 Å². The molecule has 0 radical (unpaired) electrons. The fraction of sp³-hybridized carbons (Fsp3) is 0.419. The van der Waals surface area contributed by atoms with Gasteiger partial charge in [0.05, 0.1) is 17.3 Å². The minimum Gasteiger partial charge on any atom is -0.399 e. The van der Waals surface area contributed by atoms with Crippen LogP contribution in [0.5, 0.6) is 0 Å². The maximum Gasteiger partial charge on any atom is 0.494 e. The molecule has 1 fully saturated rings. The van der Waals surface area contributed by atoms with E-state index in [9.17, 15) is 18.3 Å². The van der Waals surface area contributed by atoms with Gasteiger partial charge < -0.3 is 19.3 Å². The number of rotatable bonds is 7. The zero-order valence-electron chi connectivity index (χ0n) is 25.2. The first-order chi connectivity index (χ1) is 19.6. The van der Waals surface area contributed by atoms with Crippen LogP contribution in [-0.2, 0) is 19.3 Å². The number of hydrogen-bond donors (Lipinski definition) is 1.